The molecule has 0 spiro atoms. The van der Waals surface area contributed by atoms with E-state index in [-0.39, 0.29) is 17.5 Å². The molecular formula is C20H22N4O2S. The quantitative estimate of drug-likeness (QED) is 0.753. The maximum absolute atomic E-state index is 12.6. The van der Waals surface area contributed by atoms with Gasteiger partial charge in [0.25, 0.3) is 5.56 Å². The fourth-order valence-corrected chi connectivity index (χ4v) is 4.64. The molecule has 1 saturated heterocycles. The SMILES string of the molecule is CN(C)C(=O)[C@@H]1CCCN1Cc1nc2sc(-c3ccccc3)cc2c(=O)[nH]1. The number of amides is 1. The number of nitrogens with one attached hydrogen (secondary N) is 1. The summed E-state index contributed by atoms with van der Waals surface area (Å²) in [5.41, 5.74) is 0.959. The number of rotatable bonds is 4. The number of hydrogen-bond donors (Lipinski definition) is 1. The molecule has 3 aromatic rings. The third-order valence-electron chi connectivity index (χ3n) is 4.95. The van der Waals surface area contributed by atoms with E-state index in [0.717, 1.165) is 34.7 Å². The number of likely N-dealkylation sites (N-methyl/N-ethyl adjacent to an activating group) is 1. The van der Waals surface area contributed by atoms with Crippen LogP contribution >= 0.6 is 11.3 Å². The van der Waals surface area contributed by atoms with E-state index < -0.39 is 0 Å². The first-order valence-corrected chi connectivity index (χ1v) is 9.88. The zero-order valence-electron chi connectivity index (χ0n) is 15.4. The lowest BCUT2D eigenvalue weighted by molar-refractivity contribution is -0.133. The van der Waals surface area contributed by atoms with Gasteiger partial charge in [-0.25, -0.2) is 4.98 Å². The second kappa shape index (κ2) is 7.25. The summed E-state index contributed by atoms with van der Waals surface area (Å²) in [6.07, 6.45) is 1.83. The van der Waals surface area contributed by atoms with Crippen molar-refractivity contribution in [3.63, 3.8) is 0 Å². The largest absolute Gasteiger partial charge is 0.347 e. The molecular weight excluding hydrogens is 360 g/mol. The van der Waals surface area contributed by atoms with Crippen molar-refractivity contribution in [2.45, 2.75) is 25.4 Å². The van der Waals surface area contributed by atoms with Crippen LogP contribution in [0.2, 0.25) is 0 Å². The molecule has 7 heteroatoms. The molecule has 0 saturated carbocycles. The molecule has 1 aliphatic heterocycles. The van der Waals surface area contributed by atoms with E-state index in [1.165, 1.54) is 11.3 Å². The first kappa shape index (κ1) is 17.9. The third kappa shape index (κ3) is 3.52. The van der Waals surface area contributed by atoms with Gasteiger partial charge in [0.2, 0.25) is 5.91 Å². The maximum atomic E-state index is 12.6. The number of aromatic nitrogens is 2. The fourth-order valence-electron chi connectivity index (χ4n) is 3.58. The van der Waals surface area contributed by atoms with Gasteiger partial charge >= 0.3 is 0 Å². The molecule has 0 radical (unpaired) electrons. The molecule has 140 valence electrons. The number of carbonyl (C=O) groups excluding carboxylic acids is 1. The number of carbonyl (C=O) groups is 1. The van der Waals surface area contributed by atoms with Crippen LogP contribution in [0, 0.1) is 0 Å². The Hall–Kier alpha value is -2.51. The normalized spacial score (nSPS) is 17.5. The van der Waals surface area contributed by atoms with Crippen molar-refractivity contribution in [2.75, 3.05) is 20.6 Å². The van der Waals surface area contributed by atoms with Crippen LogP contribution in [0.4, 0.5) is 0 Å². The number of hydrogen-bond acceptors (Lipinski definition) is 5. The topological polar surface area (TPSA) is 69.3 Å². The van der Waals surface area contributed by atoms with E-state index in [0.29, 0.717) is 17.8 Å². The zero-order chi connectivity index (χ0) is 19.0. The summed E-state index contributed by atoms with van der Waals surface area (Å²) in [6.45, 7) is 1.32. The van der Waals surface area contributed by atoms with Crippen molar-refractivity contribution in [3.8, 4) is 10.4 Å². The number of aromatic amines is 1. The lowest BCUT2D eigenvalue weighted by atomic mass is 10.2. The predicted octanol–water partition coefficient (Wildman–Crippen LogP) is 2.70. The number of likely N-dealkylation sites (tertiary alicyclic amines) is 1. The predicted molar refractivity (Wildman–Crippen MR) is 108 cm³/mol. The van der Waals surface area contributed by atoms with Gasteiger partial charge in [-0.3, -0.25) is 14.5 Å². The van der Waals surface area contributed by atoms with E-state index in [9.17, 15) is 9.59 Å². The molecule has 1 aromatic carbocycles. The van der Waals surface area contributed by atoms with Crippen molar-refractivity contribution in [1.82, 2.24) is 19.8 Å². The van der Waals surface area contributed by atoms with Crippen molar-refractivity contribution in [2.24, 2.45) is 0 Å². The van der Waals surface area contributed by atoms with Crippen LogP contribution in [-0.2, 0) is 11.3 Å². The van der Waals surface area contributed by atoms with Crippen molar-refractivity contribution >= 4 is 27.5 Å². The Balaban J connectivity index is 1.63. The van der Waals surface area contributed by atoms with Crippen LogP contribution in [0.15, 0.2) is 41.2 Å². The third-order valence-corrected chi connectivity index (χ3v) is 6.03. The second-order valence-electron chi connectivity index (χ2n) is 7.07. The molecule has 1 fully saturated rings. The van der Waals surface area contributed by atoms with Gasteiger partial charge in [0, 0.05) is 19.0 Å². The maximum Gasteiger partial charge on any atom is 0.259 e. The summed E-state index contributed by atoms with van der Waals surface area (Å²) in [4.78, 5) is 38.0. The summed E-state index contributed by atoms with van der Waals surface area (Å²) in [7, 11) is 3.56. The Bertz CT molecular complexity index is 1030. The van der Waals surface area contributed by atoms with Crippen molar-refractivity contribution in [1.29, 1.82) is 0 Å². The molecule has 2 aromatic heterocycles. The minimum absolute atomic E-state index is 0.110. The fraction of sp³-hybridized carbons (Fsp3) is 0.350. The highest BCUT2D eigenvalue weighted by Crippen LogP contribution is 2.31. The number of nitrogens with zero attached hydrogens (tertiary/aromatic N) is 3. The first-order valence-electron chi connectivity index (χ1n) is 9.06. The molecule has 3 heterocycles. The van der Waals surface area contributed by atoms with Gasteiger partial charge in [0.1, 0.15) is 10.7 Å². The Morgan fingerprint density at radius 3 is 2.85 bits per heavy atom. The highest BCUT2D eigenvalue weighted by Gasteiger charge is 2.32. The second-order valence-corrected chi connectivity index (χ2v) is 8.10. The average Bonchev–Trinajstić information content (AvgIpc) is 3.29. The molecule has 0 unspecified atom stereocenters. The Labute approximate surface area is 161 Å². The van der Waals surface area contributed by atoms with Gasteiger partial charge in [-0.2, -0.15) is 0 Å². The molecule has 1 N–H and O–H groups in total. The number of benzene rings is 1. The molecule has 1 atom stereocenters. The summed E-state index contributed by atoms with van der Waals surface area (Å²) < 4.78 is 0. The van der Waals surface area contributed by atoms with E-state index in [1.54, 1.807) is 19.0 Å². The lowest BCUT2D eigenvalue weighted by Gasteiger charge is -2.25. The van der Waals surface area contributed by atoms with Crippen LogP contribution in [0.3, 0.4) is 0 Å². The highest BCUT2D eigenvalue weighted by molar-refractivity contribution is 7.21. The molecule has 1 amide bonds. The number of H-pyrrole nitrogens is 1. The van der Waals surface area contributed by atoms with Crippen LogP contribution in [0.25, 0.3) is 20.7 Å². The van der Waals surface area contributed by atoms with E-state index in [4.69, 9.17) is 0 Å². The van der Waals surface area contributed by atoms with Crippen LogP contribution in [0.5, 0.6) is 0 Å². The smallest absolute Gasteiger partial charge is 0.259 e. The first-order chi connectivity index (χ1) is 13.0. The van der Waals surface area contributed by atoms with Gasteiger partial charge in [-0.15, -0.1) is 11.3 Å². The lowest BCUT2D eigenvalue weighted by Crippen LogP contribution is -2.42. The standard InChI is InChI=1S/C20H22N4O2S/c1-23(2)20(26)15-9-6-10-24(15)12-17-21-18(25)14-11-16(27-19(14)22-17)13-7-4-3-5-8-13/h3-5,7-8,11,15H,6,9-10,12H2,1-2H3,(H,21,22,25)/t15-/m0/s1. The van der Waals surface area contributed by atoms with Crippen LogP contribution in [-0.4, -0.2) is 52.4 Å². The Morgan fingerprint density at radius 2 is 2.11 bits per heavy atom. The van der Waals surface area contributed by atoms with Gasteiger partial charge in [0.15, 0.2) is 0 Å². The van der Waals surface area contributed by atoms with Gasteiger partial charge in [0.05, 0.1) is 18.0 Å². The summed E-state index contributed by atoms with van der Waals surface area (Å²) in [6, 6.07) is 11.8. The molecule has 27 heavy (non-hydrogen) atoms. The highest BCUT2D eigenvalue weighted by atomic mass is 32.1. The van der Waals surface area contributed by atoms with Gasteiger partial charge in [-0.1, -0.05) is 30.3 Å². The number of fused-ring (bicyclic) bond motifs is 1. The molecule has 0 bridgehead atoms. The minimum atomic E-state index is -0.135. The summed E-state index contributed by atoms with van der Waals surface area (Å²) >= 11 is 1.52. The van der Waals surface area contributed by atoms with Crippen molar-refractivity contribution in [3.05, 3.63) is 52.6 Å². The van der Waals surface area contributed by atoms with E-state index >= 15 is 0 Å². The Kier molecular flexibility index (Phi) is 4.80. The zero-order valence-corrected chi connectivity index (χ0v) is 16.3. The number of thiophene rings is 1. The molecule has 6 nitrogen and oxygen atoms in total. The average molecular weight is 382 g/mol. The van der Waals surface area contributed by atoms with E-state index in [2.05, 4.69) is 14.9 Å². The van der Waals surface area contributed by atoms with E-state index in [1.807, 2.05) is 36.4 Å². The summed E-state index contributed by atoms with van der Waals surface area (Å²) in [5.74, 6) is 0.728. The monoisotopic (exact) mass is 382 g/mol. The minimum Gasteiger partial charge on any atom is -0.347 e. The Morgan fingerprint density at radius 1 is 1.33 bits per heavy atom. The molecule has 0 aliphatic carbocycles. The van der Waals surface area contributed by atoms with Gasteiger partial charge < -0.3 is 9.88 Å². The van der Waals surface area contributed by atoms with Gasteiger partial charge in [-0.05, 0) is 31.0 Å². The van der Waals surface area contributed by atoms with Crippen LogP contribution in [0.1, 0.15) is 18.7 Å². The van der Waals surface area contributed by atoms with Crippen LogP contribution < -0.4 is 5.56 Å². The summed E-state index contributed by atoms with van der Waals surface area (Å²) in [5, 5.41) is 0.616. The molecule has 1 aliphatic rings. The molecule has 4 rings (SSSR count). The van der Waals surface area contributed by atoms with Crippen molar-refractivity contribution < 1.29 is 4.79 Å².